The van der Waals surface area contributed by atoms with Crippen LogP contribution in [0.3, 0.4) is 0 Å². The Bertz CT molecular complexity index is 395. The normalized spacial score (nSPS) is 12.5. The number of carbonyl (C=O) groups excluding carboxylic acids is 1. The van der Waals surface area contributed by atoms with Gasteiger partial charge in [-0.1, -0.05) is 45.0 Å². The maximum absolute atomic E-state index is 10.8. The molecule has 0 bridgehead atoms. The lowest BCUT2D eigenvalue weighted by Crippen LogP contribution is -2.46. The predicted octanol–water partition coefficient (Wildman–Crippen LogP) is 2.77. The Kier molecular flexibility index (Phi) is 4.46. The van der Waals surface area contributed by atoms with Gasteiger partial charge in [0.15, 0.2) is 0 Å². The van der Waals surface area contributed by atoms with Crippen molar-refractivity contribution in [2.75, 3.05) is 0 Å². The Labute approximate surface area is 107 Å². The Balaban J connectivity index is 2.84. The molecule has 0 spiro atoms. The summed E-state index contributed by atoms with van der Waals surface area (Å²) in [6.45, 7) is 10.9. The maximum atomic E-state index is 10.8. The summed E-state index contributed by atoms with van der Waals surface area (Å²) >= 11 is 0. The second-order valence-corrected chi connectivity index (χ2v) is 11.8. The van der Waals surface area contributed by atoms with E-state index in [1.807, 2.05) is 18.2 Å². The summed E-state index contributed by atoms with van der Waals surface area (Å²) in [6, 6.07) is 7.77. The lowest BCUT2D eigenvalue weighted by Gasteiger charge is -2.27. The van der Waals surface area contributed by atoms with Crippen molar-refractivity contribution in [2.24, 2.45) is 0 Å². The van der Waals surface area contributed by atoms with E-state index in [2.05, 4.69) is 39.9 Å². The van der Waals surface area contributed by atoms with E-state index in [4.69, 9.17) is 4.12 Å². The first-order chi connectivity index (χ1) is 7.74. The summed E-state index contributed by atoms with van der Waals surface area (Å²) in [6.07, 6.45) is 0.889. The van der Waals surface area contributed by atoms with E-state index in [9.17, 15) is 4.79 Å². The van der Waals surface area contributed by atoms with Crippen molar-refractivity contribution in [3.05, 3.63) is 29.8 Å². The second-order valence-electron chi connectivity index (χ2n) is 5.71. The molecule has 0 unspecified atom stereocenters. The molecule has 2 radical (unpaired) electrons. The molecule has 0 saturated carbocycles. The first-order valence-corrected chi connectivity index (χ1v) is 9.57. The summed E-state index contributed by atoms with van der Waals surface area (Å²) in [5.74, 6) is 0. The van der Waals surface area contributed by atoms with Crippen LogP contribution in [-0.4, -0.2) is 24.4 Å². The molecule has 0 N–H and O–H groups in total. The van der Waals surface area contributed by atoms with E-state index < -0.39 is 8.32 Å². The van der Waals surface area contributed by atoms with Gasteiger partial charge in [0.25, 0.3) is 0 Å². The highest BCUT2D eigenvalue weighted by atomic mass is 28.4. The van der Waals surface area contributed by atoms with Crippen molar-refractivity contribution in [1.82, 2.24) is 0 Å². The maximum Gasteiger partial charge on any atom is 0.221 e. The van der Waals surface area contributed by atoms with Gasteiger partial charge in [-0.15, -0.1) is 0 Å². The minimum Gasteiger partial charge on any atom is -0.452 e. The van der Waals surface area contributed by atoms with E-state index in [-0.39, 0.29) is 5.04 Å². The van der Waals surface area contributed by atoms with E-state index in [1.54, 1.807) is 0 Å². The zero-order chi connectivity index (χ0) is 13.1. The van der Waals surface area contributed by atoms with Crippen molar-refractivity contribution in [1.29, 1.82) is 0 Å². The van der Waals surface area contributed by atoms with E-state index in [1.165, 1.54) is 5.19 Å². The molecule has 4 heteroatoms. The average Bonchev–Trinajstić information content (AvgIpc) is 2.26. The summed E-state index contributed by atoms with van der Waals surface area (Å²) in [7, 11) is -1.39. The van der Waals surface area contributed by atoms with Gasteiger partial charge in [-0.25, -0.2) is 0 Å². The van der Waals surface area contributed by atoms with Crippen molar-refractivity contribution in [2.45, 2.75) is 38.9 Å². The van der Waals surface area contributed by atoms with Crippen molar-refractivity contribution >= 4 is 29.6 Å². The van der Waals surface area contributed by atoms with Crippen molar-refractivity contribution in [3.63, 3.8) is 0 Å². The fourth-order valence-electron chi connectivity index (χ4n) is 1.33. The highest BCUT2D eigenvalue weighted by molar-refractivity contribution is 6.87. The number of rotatable bonds is 4. The quantitative estimate of drug-likeness (QED) is 0.617. The van der Waals surface area contributed by atoms with E-state index in [0.29, 0.717) is 9.76 Å². The molecule has 92 valence electrons. The van der Waals surface area contributed by atoms with Crippen LogP contribution in [-0.2, 0) is 4.12 Å². The second kappa shape index (κ2) is 5.29. The molecule has 0 fully saturated rings. The molecule has 0 aromatic heterocycles. The SMILES string of the molecule is CC(C)(C)[Si]O[Si](C)(C)c1cccc(C=O)c1. The van der Waals surface area contributed by atoms with Gasteiger partial charge < -0.3 is 4.12 Å². The molecule has 0 aliphatic rings. The van der Waals surface area contributed by atoms with Crippen LogP contribution in [0.4, 0.5) is 0 Å². The molecule has 1 rings (SSSR count). The van der Waals surface area contributed by atoms with Gasteiger partial charge in [-0.3, -0.25) is 4.79 Å². The van der Waals surface area contributed by atoms with Crippen molar-refractivity contribution < 1.29 is 8.91 Å². The first kappa shape index (κ1) is 14.3. The van der Waals surface area contributed by atoms with E-state index in [0.717, 1.165) is 11.8 Å². The fraction of sp³-hybridized carbons (Fsp3) is 0.462. The summed E-state index contributed by atoms with van der Waals surface area (Å²) in [4.78, 5) is 10.8. The number of aldehydes is 1. The van der Waals surface area contributed by atoms with Crippen LogP contribution in [0.5, 0.6) is 0 Å². The van der Waals surface area contributed by atoms with Crippen LogP contribution in [0.25, 0.3) is 0 Å². The topological polar surface area (TPSA) is 26.3 Å². The van der Waals surface area contributed by atoms with Gasteiger partial charge in [0, 0.05) is 5.56 Å². The Morgan fingerprint density at radius 1 is 1.29 bits per heavy atom. The van der Waals surface area contributed by atoms with Crippen LogP contribution in [0.1, 0.15) is 31.1 Å². The van der Waals surface area contributed by atoms with E-state index >= 15 is 0 Å². The van der Waals surface area contributed by atoms with Gasteiger partial charge in [0.1, 0.15) is 6.29 Å². The number of hydrogen-bond donors (Lipinski definition) is 0. The molecule has 0 saturated heterocycles. The molecular formula is C13H20O2Si2. The molecule has 0 atom stereocenters. The standard InChI is InChI=1S/C13H20O2Si2/c1-13(2,3)16-15-17(4,5)12-8-6-7-11(9-12)10-14/h6-10H,1-5H3. The molecule has 0 aliphatic heterocycles. The van der Waals surface area contributed by atoms with Gasteiger partial charge in [0.05, 0.1) is 0 Å². The number of hydrogen-bond acceptors (Lipinski definition) is 2. The zero-order valence-corrected chi connectivity index (χ0v) is 13.2. The minimum absolute atomic E-state index is 0.201. The minimum atomic E-state index is -1.88. The van der Waals surface area contributed by atoms with Crippen LogP contribution < -0.4 is 5.19 Å². The smallest absolute Gasteiger partial charge is 0.221 e. The van der Waals surface area contributed by atoms with Crippen LogP contribution in [0.2, 0.25) is 18.1 Å². The number of benzene rings is 1. The summed E-state index contributed by atoms with van der Waals surface area (Å²) < 4.78 is 6.13. The average molecular weight is 264 g/mol. The molecular weight excluding hydrogens is 244 g/mol. The highest BCUT2D eigenvalue weighted by Gasteiger charge is 2.28. The van der Waals surface area contributed by atoms with Gasteiger partial charge >= 0.3 is 0 Å². The molecule has 0 amide bonds. The monoisotopic (exact) mass is 264 g/mol. The lowest BCUT2D eigenvalue weighted by atomic mass is 10.2. The van der Waals surface area contributed by atoms with Crippen LogP contribution in [0, 0.1) is 0 Å². The fourth-order valence-corrected chi connectivity index (χ4v) is 5.05. The molecule has 1 aromatic rings. The van der Waals surface area contributed by atoms with Crippen LogP contribution in [0.15, 0.2) is 24.3 Å². The van der Waals surface area contributed by atoms with Gasteiger partial charge in [0.2, 0.25) is 18.1 Å². The van der Waals surface area contributed by atoms with Crippen molar-refractivity contribution in [3.8, 4) is 0 Å². The summed E-state index contributed by atoms with van der Waals surface area (Å²) in [5, 5.41) is 1.38. The molecule has 0 heterocycles. The number of carbonyl (C=O) groups is 1. The Morgan fingerprint density at radius 2 is 1.94 bits per heavy atom. The van der Waals surface area contributed by atoms with Crippen LogP contribution >= 0.6 is 0 Å². The molecule has 2 nitrogen and oxygen atoms in total. The molecule has 17 heavy (non-hydrogen) atoms. The first-order valence-electron chi connectivity index (χ1n) is 5.75. The predicted molar refractivity (Wildman–Crippen MR) is 75.5 cm³/mol. The third kappa shape index (κ3) is 4.57. The van der Waals surface area contributed by atoms with Gasteiger partial charge in [-0.05, 0) is 23.3 Å². The highest BCUT2D eigenvalue weighted by Crippen LogP contribution is 2.22. The Morgan fingerprint density at radius 3 is 2.47 bits per heavy atom. The Hall–Kier alpha value is -0.716. The molecule has 1 aromatic carbocycles. The third-order valence-electron chi connectivity index (χ3n) is 2.33. The summed E-state index contributed by atoms with van der Waals surface area (Å²) in [5.41, 5.74) is 0.728. The van der Waals surface area contributed by atoms with Gasteiger partial charge in [-0.2, -0.15) is 0 Å². The zero-order valence-electron chi connectivity index (χ0n) is 11.2. The molecule has 0 aliphatic carbocycles. The lowest BCUT2D eigenvalue weighted by molar-refractivity contribution is 0.112. The largest absolute Gasteiger partial charge is 0.452 e. The third-order valence-corrected chi connectivity index (χ3v) is 7.09.